The van der Waals surface area contributed by atoms with Crippen LogP contribution in [0, 0.1) is 11.8 Å². The molecule has 0 aromatic carbocycles. The Morgan fingerprint density at radius 3 is 2.82 bits per heavy atom. The molecule has 6 nitrogen and oxygen atoms in total. The number of fused-ring (bicyclic) bond motifs is 2. The zero-order chi connectivity index (χ0) is 15.5. The molecule has 0 aromatic rings. The Kier molecular flexibility index (Phi) is 5.21. The van der Waals surface area contributed by atoms with Crippen molar-refractivity contribution in [3.8, 4) is 0 Å². The molecule has 0 aliphatic carbocycles. The molecule has 0 saturated carbocycles. The smallest absolute Gasteiger partial charge is 0.317 e. The van der Waals surface area contributed by atoms with Crippen molar-refractivity contribution < 1.29 is 14.6 Å². The summed E-state index contributed by atoms with van der Waals surface area (Å²) in [5.41, 5.74) is 0. The third-order valence-electron chi connectivity index (χ3n) is 5.41. The Morgan fingerprint density at radius 2 is 2.14 bits per heavy atom. The van der Waals surface area contributed by atoms with Gasteiger partial charge in [-0.25, -0.2) is 4.79 Å². The number of aliphatic hydroxyl groups excluding tert-OH is 1. The number of carbonyl (C=O) groups is 1. The van der Waals surface area contributed by atoms with E-state index in [0.29, 0.717) is 12.0 Å². The highest BCUT2D eigenvalue weighted by Gasteiger charge is 2.48. The predicted octanol–water partition coefficient (Wildman–Crippen LogP) is 0.510. The molecule has 4 unspecified atom stereocenters. The summed E-state index contributed by atoms with van der Waals surface area (Å²) in [5, 5.41) is 12.5. The molecule has 3 fully saturated rings. The average molecular weight is 311 g/mol. The first-order valence-corrected chi connectivity index (χ1v) is 8.66. The molecule has 3 rings (SSSR count). The second kappa shape index (κ2) is 7.15. The molecule has 3 saturated heterocycles. The lowest BCUT2D eigenvalue weighted by atomic mass is 9.90. The van der Waals surface area contributed by atoms with Gasteiger partial charge in [-0.05, 0) is 25.2 Å². The number of carbonyl (C=O) groups excluding carboxylic acids is 1. The average Bonchev–Trinajstić information content (AvgIpc) is 3.11. The van der Waals surface area contributed by atoms with Crippen LogP contribution in [0.2, 0.25) is 0 Å². The van der Waals surface area contributed by atoms with E-state index < -0.39 is 0 Å². The van der Waals surface area contributed by atoms with Gasteiger partial charge >= 0.3 is 6.03 Å². The molecule has 0 aromatic heterocycles. The van der Waals surface area contributed by atoms with E-state index in [1.54, 1.807) is 0 Å². The van der Waals surface area contributed by atoms with Crippen LogP contribution in [0.1, 0.15) is 26.2 Å². The predicted molar refractivity (Wildman–Crippen MR) is 83.7 cm³/mol. The Labute approximate surface area is 132 Å². The fourth-order valence-electron chi connectivity index (χ4n) is 4.27. The van der Waals surface area contributed by atoms with Crippen LogP contribution in [0.15, 0.2) is 0 Å². The van der Waals surface area contributed by atoms with Crippen molar-refractivity contribution in [3.63, 3.8) is 0 Å². The van der Waals surface area contributed by atoms with Gasteiger partial charge in [-0.15, -0.1) is 0 Å². The van der Waals surface area contributed by atoms with Gasteiger partial charge in [0.2, 0.25) is 0 Å². The molecular weight excluding hydrogens is 282 g/mol. The second-order valence-corrected chi connectivity index (χ2v) is 7.09. The molecule has 3 aliphatic rings. The van der Waals surface area contributed by atoms with Gasteiger partial charge in [-0.2, -0.15) is 0 Å². The van der Waals surface area contributed by atoms with Gasteiger partial charge in [0, 0.05) is 50.8 Å². The first-order chi connectivity index (χ1) is 10.7. The lowest BCUT2D eigenvalue weighted by Crippen LogP contribution is -2.46. The highest BCUT2D eigenvalue weighted by atomic mass is 16.5. The molecule has 22 heavy (non-hydrogen) atoms. The monoisotopic (exact) mass is 311 g/mol. The number of nitrogens with one attached hydrogen (secondary N) is 1. The molecule has 2 amide bonds. The Hall–Kier alpha value is -0.850. The van der Waals surface area contributed by atoms with Crippen LogP contribution in [0.4, 0.5) is 4.79 Å². The highest BCUT2D eigenvalue weighted by molar-refractivity contribution is 5.75. The van der Waals surface area contributed by atoms with Gasteiger partial charge in [0.15, 0.2) is 0 Å². The SMILES string of the molecule is CC(CNC(=O)N1C2CCC1C(CO)C2)CN1CCOCC1. The van der Waals surface area contributed by atoms with E-state index in [0.717, 1.165) is 58.7 Å². The Bertz CT molecular complexity index is 387. The summed E-state index contributed by atoms with van der Waals surface area (Å²) < 4.78 is 5.36. The molecule has 3 aliphatic heterocycles. The van der Waals surface area contributed by atoms with Gasteiger partial charge in [0.05, 0.1) is 13.2 Å². The first-order valence-electron chi connectivity index (χ1n) is 8.66. The summed E-state index contributed by atoms with van der Waals surface area (Å²) in [7, 11) is 0. The fraction of sp³-hybridized carbons (Fsp3) is 0.938. The van der Waals surface area contributed by atoms with Crippen LogP contribution in [0.3, 0.4) is 0 Å². The Balaban J connectivity index is 1.42. The molecule has 0 radical (unpaired) electrons. The summed E-state index contributed by atoms with van der Waals surface area (Å²) >= 11 is 0. The Morgan fingerprint density at radius 1 is 1.36 bits per heavy atom. The van der Waals surface area contributed by atoms with Crippen LogP contribution in [-0.4, -0.2) is 79.0 Å². The molecule has 2 bridgehead atoms. The summed E-state index contributed by atoms with van der Waals surface area (Å²) in [4.78, 5) is 16.9. The van der Waals surface area contributed by atoms with Crippen molar-refractivity contribution in [1.82, 2.24) is 15.1 Å². The van der Waals surface area contributed by atoms with Crippen LogP contribution in [0.5, 0.6) is 0 Å². The number of nitrogens with zero attached hydrogens (tertiary/aromatic N) is 2. The maximum Gasteiger partial charge on any atom is 0.317 e. The number of rotatable bonds is 5. The van der Waals surface area contributed by atoms with Gasteiger partial charge in [0.1, 0.15) is 0 Å². The maximum atomic E-state index is 12.5. The normalized spacial score (nSPS) is 33.2. The lowest BCUT2D eigenvalue weighted by Gasteiger charge is -2.30. The van der Waals surface area contributed by atoms with Gasteiger partial charge in [0.25, 0.3) is 0 Å². The van der Waals surface area contributed by atoms with E-state index in [9.17, 15) is 9.90 Å². The van der Waals surface area contributed by atoms with Crippen LogP contribution >= 0.6 is 0 Å². The number of aliphatic hydroxyl groups is 1. The van der Waals surface area contributed by atoms with E-state index in [4.69, 9.17) is 4.74 Å². The molecule has 6 heteroatoms. The molecule has 3 heterocycles. The number of hydrogen-bond donors (Lipinski definition) is 2. The number of urea groups is 1. The van der Waals surface area contributed by atoms with Crippen LogP contribution in [0.25, 0.3) is 0 Å². The standard InChI is InChI=1S/C16H29N3O3/c1-12(10-18-4-6-22-7-5-18)9-17-16(21)19-14-2-3-15(19)13(8-14)11-20/h12-15,20H,2-11H2,1H3,(H,17,21). The lowest BCUT2D eigenvalue weighted by molar-refractivity contribution is 0.0318. The van der Waals surface area contributed by atoms with Crippen molar-refractivity contribution in [2.45, 2.75) is 38.3 Å². The van der Waals surface area contributed by atoms with Crippen molar-refractivity contribution in [2.75, 3.05) is 46.0 Å². The third-order valence-corrected chi connectivity index (χ3v) is 5.41. The first kappa shape index (κ1) is 16.0. The number of amides is 2. The molecule has 0 spiro atoms. The minimum Gasteiger partial charge on any atom is -0.396 e. The highest BCUT2D eigenvalue weighted by Crippen LogP contribution is 2.41. The largest absolute Gasteiger partial charge is 0.396 e. The van der Waals surface area contributed by atoms with Crippen molar-refractivity contribution in [2.24, 2.45) is 11.8 Å². The van der Waals surface area contributed by atoms with Gasteiger partial charge in [-0.1, -0.05) is 6.92 Å². The van der Waals surface area contributed by atoms with Crippen LogP contribution < -0.4 is 5.32 Å². The molecule has 126 valence electrons. The van der Waals surface area contributed by atoms with E-state index in [-0.39, 0.29) is 24.6 Å². The fourth-order valence-corrected chi connectivity index (χ4v) is 4.27. The van der Waals surface area contributed by atoms with E-state index >= 15 is 0 Å². The van der Waals surface area contributed by atoms with Crippen LogP contribution in [-0.2, 0) is 4.74 Å². The zero-order valence-corrected chi connectivity index (χ0v) is 13.5. The second-order valence-electron chi connectivity index (χ2n) is 7.09. The quantitative estimate of drug-likeness (QED) is 0.776. The maximum absolute atomic E-state index is 12.5. The zero-order valence-electron chi connectivity index (χ0n) is 13.5. The van der Waals surface area contributed by atoms with Gasteiger partial charge in [-0.3, -0.25) is 4.90 Å². The van der Waals surface area contributed by atoms with Crippen molar-refractivity contribution in [1.29, 1.82) is 0 Å². The number of morpholine rings is 1. The molecule has 4 atom stereocenters. The van der Waals surface area contributed by atoms with E-state index in [2.05, 4.69) is 17.1 Å². The summed E-state index contributed by atoms with van der Waals surface area (Å²) in [6, 6.07) is 0.665. The van der Waals surface area contributed by atoms with Crippen molar-refractivity contribution >= 4 is 6.03 Å². The molecule has 2 N–H and O–H groups in total. The van der Waals surface area contributed by atoms with E-state index in [1.807, 2.05) is 4.90 Å². The van der Waals surface area contributed by atoms with Crippen molar-refractivity contribution in [3.05, 3.63) is 0 Å². The van der Waals surface area contributed by atoms with E-state index in [1.165, 1.54) is 0 Å². The number of ether oxygens (including phenoxy) is 1. The van der Waals surface area contributed by atoms with Gasteiger partial charge < -0.3 is 20.1 Å². The summed E-state index contributed by atoms with van der Waals surface area (Å²) in [6.45, 7) is 7.74. The minimum atomic E-state index is 0.0669. The third kappa shape index (κ3) is 3.39. The number of hydrogen-bond acceptors (Lipinski definition) is 4. The summed E-state index contributed by atoms with van der Waals surface area (Å²) in [5.74, 6) is 0.728. The topological polar surface area (TPSA) is 65.0 Å². The molecular formula is C16H29N3O3. The summed E-state index contributed by atoms with van der Waals surface area (Å²) in [6.07, 6.45) is 3.11. The minimum absolute atomic E-state index is 0.0669.